The monoisotopic (exact) mass is 222 g/mol. The van der Waals surface area contributed by atoms with Crippen LogP contribution in [0.2, 0.25) is 0 Å². The molecule has 1 aromatic heterocycles. The minimum atomic E-state index is 0.640. The minimum Gasteiger partial charge on any atom is -0.375 e. The summed E-state index contributed by atoms with van der Waals surface area (Å²) in [7, 11) is 0. The highest BCUT2D eigenvalue weighted by Gasteiger charge is 2.06. The first-order valence-corrected chi connectivity index (χ1v) is 5.85. The van der Waals surface area contributed by atoms with Crippen molar-refractivity contribution in [2.75, 3.05) is 5.73 Å². The molecule has 0 aliphatic carbocycles. The van der Waals surface area contributed by atoms with Gasteiger partial charge in [-0.1, -0.05) is 41.3 Å². The highest BCUT2D eigenvalue weighted by atomic mass is 32.2. The number of nitrogens with zero attached hydrogens (tertiary/aromatic N) is 1. The molecule has 0 saturated carbocycles. The fourth-order valence-electron chi connectivity index (χ4n) is 1.09. The number of hydrogen-bond donors (Lipinski definition) is 1. The summed E-state index contributed by atoms with van der Waals surface area (Å²) in [6, 6.07) is 10.2. The van der Waals surface area contributed by atoms with Crippen LogP contribution in [0.1, 0.15) is 5.69 Å². The molecule has 2 rings (SSSR count). The summed E-state index contributed by atoms with van der Waals surface area (Å²) in [4.78, 5) is 5.40. The van der Waals surface area contributed by atoms with Gasteiger partial charge >= 0.3 is 0 Å². The number of nitrogens with two attached hydrogens (primary N) is 1. The topological polar surface area (TPSA) is 38.9 Å². The van der Waals surface area contributed by atoms with Crippen LogP contribution in [0, 0.1) is 6.92 Å². The van der Waals surface area contributed by atoms with Crippen molar-refractivity contribution in [2.24, 2.45) is 0 Å². The number of hydrogen-bond acceptors (Lipinski definition) is 4. The molecule has 0 spiro atoms. The van der Waals surface area contributed by atoms with Gasteiger partial charge in [-0.15, -0.1) is 0 Å². The van der Waals surface area contributed by atoms with Gasteiger partial charge < -0.3 is 5.73 Å². The average Bonchev–Trinajstić information content (AvgIpc) is 2.47. The van der Waals surface area contributed by atoms with E-state index in [2.05, 4.69) is 17.1 Å². The van der Waals surface area contributed by atoms with E-state index in [1.54, 1.807) is 11.8 Å². The van der Waals surface area contributed by atoms with Gasteiger partial charge in [0, 0.05) is 4.90 Å². The molecule has 72 valence electrons. The number of nitrogen functional groups attached to an aromatic ring is 1. The molecule has 1 heterocycles. The van der Waals surface area contributed by atoms with Gasteiger partial charge in [0.1, 0.15) is 0 Å². The molecule has 0 aliphatic rings. The molecule has 0 aliphatic heterocycles. The van der Waals surface area contributed by atoms with E-state index in [4.69, 9.17) is 5.73 Å². The smallest absolute Gasteiger partial charge is 0.181 e. The summed E-state index contributed by atoms with van der Waals surface area (Å²) in [5.41, 5.74) is 6.64. The number of aromatic nitrogens is 1. The Morgan fingerprint density at radius 1 is 1.29 bits per heavy atom. The van der Waals surface area contributed by atoms with Crippen LogP contribution >= 0.6 is 23.1 Å². The largest absolute Gasteiger partial charge is 0.375 e. The number of benzene rings is 1. The van der Waals surface area contributed by atoms with Crippen molar-refractivity contribution in [1.82, 2.24) is 4.98 Å². The summed E-state index contributed by atoms with van der Waals surface area (Å²) in [6.07, 6.45) is 0. The van der Waals surface area contributed by atoms with Crippen LogP contribution in [0.4, 0.5) is 5.13 Å². The van der Waals surface area contributed by atoms with Crippen molar-refractivity contribution in [2.45, 2.75) is 16.0 Å². The van der Waals surface area contributed by atoms with Gasteiger partial charge in [-0.25, -0.2) is 4.98 Å². The molecule has 2 nitrogen and oxygen atoms in total. The third kappa shape index (κ3) is 2.08. The molecule has 0 radical (unpaired) electrons. The summed E-state index contributed by atoms with van der Waals surface area (Å²) in [5, 5.41) is 0.640. The lowest BCUT2D eigenvalue weighted by atomic mass is 10.4. The maximum absolute atomic E-state index is 5.63. The average molecular weight is 222 g/mol. The fraction of sp³-hybridized carbons (Fsp3) is 0.100. The van der Waals surface area contributed by atoms with E-state index in [0.717, 1.165) is 5.69 Å². The van der Waals surface area contributed by atoms with Gasteiger partial charge in [-0.05, 0) is 19.1 Å². The Morgan fingerprint density at radius 3 is 2.57 bits per heavy atom. The van der Waals surface area contributed by atoms with E-state index >= 15 is 0 Å². The molecule has 1 aromatic carbocycles. The zero-order valence-corrected chi connectivity index (χ0v) is 9.36. The first-order chi connectivity index (χ1) is 6.75. The van der Waals surface area contributed by atoms with Crippen LogP contribution in [-0.4, -0.2) is 4.98 Å². The van der Waals surface area contributed by atoms with Crippen LogP contribution in [0.15, 0.2) is 39.4 Å². The predicted molar refractivity (Wildman–Crippen MR) is 61.8 cm³/mol. The first-order valence-electron chi connectivity index (χ1n) is 4.21. The molecule has 0 unspecified atom stereocenters. The van der Waals surface area contributed by atoms with Crippen LogP contribution in [0.3, 0.4) is 0 Å². The Morgan fingerprint density at radius 2 is 2.00 bits per heavy atom. The van der Waals surface area contributed by atoms with Crippen molar-refractivity contribution in [1.29, 1.82) is 0 Å². The lowest BCUT2D eigenvalue weighted by Gasteiger charge is -1.97. The summed E-state index contributed by atoms with van der Waals surface area (Å²) in [6.45, 7) is 1.98. The van der Waals surface area contributed by atoms with E-state index < -0.39 is 0 Å². The summed E-state index contributed by atoms with van der Waals surface area (Å²) < 4.78 is 1.17. The molecule has 2 N–H and O–H groups in total. The van der Waals surface area contributed by atoms with E-state index in [1.165, 1.54) is 20.4 Å². The van der Waals surface area contributed by atoms with Crippen molar-refractivity contribution in [3.05, 3.63) is 36.0 Å². The summed E-state index contributed by atoms with van der Waals surface area (Å²) >= 11 is 3.25. The second-order valence-electron chi connectivity index (χ2n) is 2.84. The van der Waals surface area contributed by atoms with Gasteiger partial charge in [0.25, 0.3) is 0 Å². The van der Waals surface area contributed by atoms with Crippen LogP contribution < -0.4 is 5.73 Å². The molecule has 0 saturated heterocycles. The van der Waals surface area contributed by atoms with Crippen LogP contribution in [0.25, 0.3) is 0 Å². The highest BCUT2D eigenvalue weighted by Crippen LogP contribution is 2.35. The van der Waals surface area contributed by atoms with E-state index in [1.807, 2.05) is 25.1 Å². The third-order valence-electron chi connectivity index (χ3n) is 1.72. The third-order valence-corrected chi connectivity index (χ3v) is 3.99. The molecule has 0 atom stereocenters. The number of aryl methyl sites for hydroxylation is 1. The quantitative estimate of drug-likeness (QED) is 0.848. The van der Waals surface area contributed by atoms with Gasteiger partial charge in [0.2, 0.25) is 0 Å². The predicted octanol–water partition coefficient (Wildman–Crippen LogP) is 3.18. The van der Waals surface area contributed by atoms with Crippen molar-refractivity contribution in [3.63, 3.8) is 0 Å². The molecule has 0 amide bonds. The van der Waals surface area contributed by atoms with Gasteiger partial charge in [0.05, 0.1) is 9.90 Å². The molecule has 0 bridgehead atoms. The van der Waals surface area contributed by atoms with Crippen LogP contribution in [-0.2, 0) is 0 Å². The molecule has 0 fully saturated rings. The SMILES string of the molecule is Cc1nc(N)sc1Sc1ccccc1. The minimum absolute atomic E-state index is 0.640. The number of anilines is 1. The zero-order valence-electron chi connectivity index (χ0n) is 7.73. The maximum Gasteiger partial charge on any atom is 0.181 e. The lowest BCUT2D eigenvalue weighted by molar-refractivity contribution is 1.21. The second-order valence-corrected chi connectivity index (χ2v) is 5.21. The van der Waals surface area contributed by atoms with Gasteiger partial charge in [-0.3, -0.25) is 0 Å². The fourth-order valence-corrected chi connectivity index (χ4v) is 3.07. The second kappa shape index (κ2) is 4.02. The van der Waals surface area contributed by atoms with Gasteiger partial charge in [-0.2, -0.15) is 0 Å². The first kappa shape index (κ1) is 9.55. The Labute approximate surface area is 91.2 Å². The van der Waals surface area contributed by atoms with E-state index in [-0.39, 0.29) is 0 Å². The highest BCUT2D eigenvalue weighted by molar-refractivity contribution is 8.01. The Bertz CT molecular complexity index is 423. The molecule has 2 aromatic rings. The lowest BCUT2D eigenvalue weighted by Crippen LogP contribution is -1.80. The molecular weight excluding hydrogens is 212 g/mol. The van der Waals surface area contributed by atoms with E-state index in [9.17, 15) is 0 Å². The zero-order chi connectivity index (χ0) is 9.97. The summed E-state index contributed by atoms with van der Waals surface area (Å²) in [5.74, 6) is 0. The standard InChI is InChI=1S/C10H10N2S2/c1-7-9(14-10(11)12-7)13-8-5-3-2-4-6-8/h2-6H,1H3,(H2,11,12). The van der Waals surface area contributed by atoms with Crippen molar-refractivity contribution >= 4 is 28.2 Å². The van der Waals surface area contributed by atoms with Crippen molar-refractivity contribution in [3.8, 4) is 0 Å². The normalized spacial score (nSPS) is 10.4. The Hall–Kier alpha value is -1.00. The van der Waals surface area contributed by atoms with Crippen LogP contribution in [0.5, 0.6) is 0 Å². The Kier molecular flexibility index (Phi) is 2.74. The maximum atomic E-state index is 5.63. The molecule has 14 heavy (non-hydrogen) atoms. The Balaban J connectivity index is 2.23. The molecular formula is C10H10N2S2. The number of rotatable bonds is 2. The van der Waals surface area contributed by atoms with Gasteiger partial charge in [0.15, 0.2) is 5.13 Å². The molecule has 4 heteroatoms. The van der Waals surface area contributed by atoms with Crippen molar-refractivity contribution < 1.29 is 0 Å². The van der Waals surface area contributed by atoms with E-state index in [0.29, 0.717) is 5.13 Å². The number of thiazole rings is 1.